The van der Waals surface area contributed by atoms with E-state index in [4.69, 9.17) is 0 Å². The van der Waals surface area contributed by atoms with E-state index >= 15 is 0 Å². The van der Waals surface area contributed by atoms with Crippen molar-refractivity contribution >= 4 is 23.4 Å². The third kappa shape index (κ3) is 4.59. The van der Waals surface area contributed by atoms with E-state index in [1.54, 1.807) is 0 Å². The molecule has 0 radical (unpaired) electrons. The van der Waals surface area contributed by atoms with Crippen LogP contribution in [0.1, 0.15) is 25.0 Å². The van der Waals surface area contributed by atoms with Crippen LogP contribution in [0.5, 0.6) is 5.88 Å². The molecule has 0 bridgehead atoms. The number of thioether (sulfide) groups is 1. The lowest BCUT2D eigenvalue weighted by molar-refractivity contribution is -0.113. The Morgan fingerprint density at radius 1 is 1.30 bits per heavy atom. The first-order valence-corrected chi connectivity index (χ1v) is 8.35. The number of carbonyl (C=O) groups is 1. The zero-order valence-electron chi connectivity index (χ0n) is 13.0. The highest BCUT2D eigenvalue weighted by Crippen LogP contribution is 2.23. The Hall–Kier alpha value is -2.28. The van der Waals surface area contributed by atoms with E-state index < -0.39 is 5.56 Å². The SMILES string of the molecule is CCc1cccc(CC)c1NC(=O)CSc1nc(O)cc(=O)[nH]1. The number of para-hydroxylation sites is 1. The second-order valence-electron chi connectivity index (χ2n) is 4.90. The van der Waals surface area contributed by atoms with Crippen LogP contribution in [0.15, 0.2) is 34.2 Å². The molecule has 1 amide bonds. The van der Waals surface area contributed by atoms with Crippen molar-refractivity contribution in [2.45, 2.75) is 31.8 Å². The molecule has 2 aromatic rings. The second-order valence-corrected chi connectivity index (χ2v) is 5.87. The topological polar surface area (TPSA) is 95.1 Å². The van der Waals surface area contributed by atoms with Crippen LogP contribution in [0.3, 0.4) is 0 Å². The maximum absolute atomic E-state index is 12.2. The molecular formula is C16H19N3O3S. The van der Waals surface area contributed by atoms with Gasteiger partial charge in [0.1, 0.15) is 0 Å². The summed E-state index contributed by atoms with van der Waals surface area (Å²) in [6.45, 7) is 4.08. The van der Waals surface area contributed by atoms with E-state index in [0.717, 1.165) is 47.5 Å². The number of aromatic amines is 1. The molecule has 0 aliphatic heterocycles. The summed E-state index contributed by atoms with van der Waals surface area (Å²) >= 11 is 1.06. The number of aromatic hydroxyl groups is 1. The van der Waals surface area contributed by atoms with Gasteiger partial charge in [-0.3, -0.25) is 9.59 Å². The Labute approximate surface area is 138 Å². The molecule has 0 fully saturated rings. The molecule has 0 aliphatic rings. The Bertz CT molecular complexity index is 736. The van der Waals surface area contributed by atoms with Crippen LogP contribution in [0.2, 0.25) is 0 Å². The third-order valence-corrected chi connectivity index (χ3v) is 4.18. The van der Waals surface area contributed by atoms with Gasteiger partial charge in [-0.15, -0.1) is 0 Å². The quantitative estimate of drug-likeness (QED) is 0.557. The lowest BCUT2D eigenvalue weighted by atomic mass is 10.0. The molecule has 0 atom stereocenters. The minimum absolute atomic E-state index is 0.0909. The molecule has 6 nitrogen and oxygen atoms in total. The number of benzene rings is 1. The van der Waals surface area contributed by atoms with Gasteiger partial charge in [0.25, 0.3) is 5.56 Å². The van der Waals surface area contributed by atoms with E-state index in [9.17, 15) is 14.7 Å². The largest absolute Gasteiger partial charge is 0.493 e. The number of nitrogens with one attached hydrogen (secondary N) is 2. The smallest absolute Gasteiger partial charge is 0.255 e. The van der Waals surface area contributed by atoms with Gasteiger partial charge in [0.15, 0.2) is 5.16 Å². The summed E-state index contributed by atoms with van der Waals surface area (Å²) in [7, 11) is 0. The number of aromatic nitrogens is 2. The highest BCUT2D eigenvalue weighted by atomic mass is 32.2. The van der Waals surface area contributed by atoms with E-state index in [-0.39, 0.29) is 22.7 Å². The number of aryl methyl sites for hydroxylation is 2. The highest BCUT2D eigenvalue weighted by Gasteiger charge is 2.11. The predicted octanol–water partition coefficient (Wildman–Crippen LogP) is 2.33. The van der Waals surface area contributed by atoms with Crippen molar-refractivity contribution in [1.82, 2.24) is 9.97 Å². The van der Waals surface area contributed by atoms with Crippen molar-refractivity contribution < 1.29 is 9.90 Å². The lowest BCUT2D eigenvalue weighted by Gasteiger charge is -2.14. The maximum atomic E-state index is 12.2. The molecule has 23 heavy (non-hydrogen) atoms. The van der Waals surface area contributed by atoms with Gasteiger partial charge in [-0.1, -0.05) is 43.8 Å². The van der Waals surface area contributed by atoms with Crippen molar-refractivity contribution in [2.75, 3.05) is 11.1 Å². The molecular weight excluding hydrogens is 314 g/mol. The number of anilines is 1. The lowest BCUT2D eigenvalue weighted by Crippen LogP contribution is -2.17. The van der Waals surface area contributed by atoms with E-state index in [1.807, 2.05) is 32.0 Å². The number of nitrogens with zero attached hydrogens (tertiary/aromatic N) is 1. The average Bonchev–Trinajstić information content (AvgIpc) is 2.52. The van der Waals surface area contributed by atoms with Crippen LogP contribution >= 0.6 is 11.8 Å². The summed E-state index contributed by atoms with van der Waals surface area (Å²) in [5, 5.41) is 12.4. The van der Waals surface area contributed by atoms with Gasteiger partial charge in [-0.2, -0.15) is 4.98 Å². The van der Waals surface area contributed by atoms with Crippen LogP contribution in [-0.4, -0.2) is 26.7 Å². The van der Waals surface area contributed by atoms with Gasteiger partial charge in [0, 0.05) is 5.69 Å². The van der Waals surface area contributed by atoms with Gasteiger partial charge >= 0.3 is 0 Å². The fourth-order valence-corrected chi connectivity index (χ4v) is 2.87. The van der Waals surface area contributed by atoms with Gasteiger partial charge in [-0.05, 0) is 24.0 Å². The zero-order valence-corrected chi connectivity index (χ0v) is 13.9. The molecule has 0 saturated carbocycles. The molecule has 3 N–H and O–H groups in total. The van der Waals surface area contributed by atoms with Gasteiger partial charge in [-0.25, -0.2) is 0 Å². The van der Waals surface area contributed by atoms with Crippen molar-refractivity contribution in [3.05, 3.63) is 45.7 Å². The number of hydrogen-bond donors (Lipinski definition) is 3. The van der Waals surface area contributed by atoms with Gasteiger partial charge in [0.05, 0.1) is 11.8 Å². The standard InChI is InChI=1S/C16H19N3O3S/c1-3-10-6-5-7-11(4-2)15(10)17-14(22)9-23-16-18-12(20)8-13(21)19-16/h5-8H,3-4,9H2,1-2H3,(H,17,22)(H2,18,19,20,21). The molecule has 1 aromatic carbocycles. The monoisotopic (exact) mass is 333 g/mol. The van der Waals surface area contributed by atoms with Crippen LogP contribution in [0.25, 0.3) is 0 Å². The summed E-state index contributed by atoms with van der Waals surface area (Å²) in [4.78, 5) is 29.7. The Morgan fingerprint density at radius 2 is 1.96 bits per heavy atom. The van der Waals surface area contributed by atoms with Crippen LogP contribution in [-0.2, 0) is 17.6 Å². The van der Waals surface area contributed by atoms with Crippen LogP contribution in [0.4, 0.5) is 5.69 Å². The Morgan fingerprint density at radius 3 is 2.52 bits per heavy atom. The molecule has 1 heterocycles. The zero-order chi connectivity index (χ0) is 16.8. The predicted molar refractivity (Wildman–Crippen MR) is 91.1 cm³/mol. The summed E-state index contributed by atoms with van der Waals surface area (Å²) in [5.41, 5.74) is 2.59. The first-order chi connectivity index (χ1) is 11.0. The normalized spacial score (nSPS) is 10.5. The average molecular weight is 333 g/mol. The molecule has 2 rings (SSSR count). The molecule has 0 saturated heterocycles. The molecule has 0 spiro atoms. The number of hydrogen-bond acceptors (Lipinski definition) is 5. The minimum atomic E-state index is -0.454. The maximum Gasteiger partial charge on any atom is 0.255 e. The first kappa shape index (κ1) is 17.1. The number of carbonyl (C=O) groups excluding carboxylic acids is 1. The summed E-state index contributed by atoms with van der Waals surface area (Å²) in [6.07, 6.45) is 1.66. The van der Waals surface area contributed by atoms with E-state index in [1.165, 1.54) is 0 Å². The number of H-pyrrole nitrogens is 1. The second kappa shape index (κ2) is 7.82. The Kier molecular flexibility index (Phi) is 5.81. The van der Waals surface area contributed by atoms with Gasteiger partial charge in [0.2, 0.25) is 11.8 Å². The van der Waals surface area contributed by atoms with Crippen LogP contribution < -0.4 is 10.9 Å². The molecule has 1 aromatic heterocycles. The van der Waals surface area contributed by atoms with Crippen molar-refractivity contribution in [3.63, 3.8) is 0 Å². The van der Waals surface area contributed by atoms with Crippen molar-refractivity contribution in [3.8, 4) is 5.88 Å². The van der Waals surface area contributed by atoms with Crippen molar-refractivity contribution in [1.29, 1.82) is 0 Å². The third-order valence-electron chi connectivity index (χ3n) is 3.31. The number of amides is 1. The molecule has 122 valence electrons. The summed E-state index contributed by atoms with van der Waals surface area (Å²) in [6, 6.07) is 6.96. The molecule has 0 aliphatic carbocycles. The van der Waals surface area contributed by atoms with Gasteiger partial charge < -0.3 is 15.4 Å². The molecule has 0 unspecified atom stereocenters. The number of rotatable bonds is 6. The van der Waals surface area contributed by atoms with Crippen molar-refractivity contribution in [2.24, 2.45) is 0 Å². The Balaban J connectivity index is 2.07. The molecule has 7 heteroatoms. The van der Waals surface area contributed by atoms with E-state index in [2.05, 4.69) is 15.3 Å². The highest BCUT2D eigenvalue weighted by molar-refractivity contribution is 7.99. The fourth-order valence-electron chi connectivity index (χ4n) is 2.20. The van der Waals surface area contributed by atoms with E-state index in [0.29, 0.717) is 0 Å². The minimum Gasteiger partial charge on any atom is -0.493 e. The fraction of sp³-hybridized carbons (Fsp3) is 0.312. The summed E-state index contributed by atoms with van der Waals surface area (Å²) in [5.74, 6) is -0.453. The van der Waals surface area contributed by atoms with Crippen LogP contribution in [0, 0.1) is 0 Å². The first-order valence-electron chi connectivity index (χ1n) is 7.37. The summed E-state index contributed by atoms with van der Waals surface area (Å²) < 4.78 is 0.